The second-order valence-corrected chi connectivity index (χ2v) is 7.39. The zero-order chi connectivity index (χ0) is 19.2. The third kappa shape index (κ3) is 4.91. The first-order chi connectivity index (χ1) is 13.0. The molecule has 1 aliphatic heterocycles. The fraction of sp³-hybridized carbons (Fsp3) is 0.368. The molecule has 2 amide bonds. The first-order valence-electron chi connectivity index (χ1n) is 8.77. The van der Waals surface area contributed by atoms with Gasteiger partial charge in [0.25, 0.3) is 0 Å². The molecule has 0 bridgehead atoms. The van der Waals surface area contributed by atoms with Crippen LogP contribution in [0.15, 0.2) is 41.9 Å². The van der Waals surface area contributed by atoms with E-state index in [1.54, 1.807) is 17.5 Å². The van der Waals surface area contributed by atoms with Crippen LogP contribution in [0.4, 0.5) is 0 Å². The van der Waals surface area contributed by atoms with E-state index in [9.17, 15) is 19.5 Å². The molecule has 0 radical (unpaired) electrons. The number of carboxylic acids is 1. The molecular formula is C19H21N3O4S. The Bertz CT molecular complexity index is 795. The predicted molar refractivity (Wildman–Crippen MR) is 100 cm³/mol. The molecule has 142 valence electrons. The minimum Gasteiger partial charge on any atom is -0.481 e. The van der Waals surface area contributed by atoms with Crippen molar-refractivity contribution in [3.63, 3.8) is 0 Å². The van der Waals surface area contributed by atoms with Crippen molar-refractivity contribution in [3.05, 3.63) is 52.5 Å². The number of carboxylic acid groups (broad SMARTS) is 1. The van der Waals surface area contributed by atoms with Gasteiger partial charge in [-0.3, -0.25) is 19.4 Å². The van der Waals surface area contributed by atoms with Gasteiger partial charge in [-0.15, -0.1) is 11.3 Å². The van der Waals surface area contributed by atoms with E-state index in [-0.39, 0.29) is 24.8 Å². The summed E-state index contributed by atoms with van der Waals surface area (Å²) in [6.07, 6.45) is 2.43. The van der Waals surface area contributed by atoms with Crippen LogP contribution < -0.4 is 0 Å². The molecule has 2 aromatic heterocycles. The molecule has 1 fully saturated rings. The minimum atomic E-state index is -1.09. The van der Waals surface area contributed by atoms with E-state index < -0.39 is 12.0 Å². The number of piperazine rings is 1. The fourth-order valence-electron chi connectivity index (χ4n) is 3.16. The zero-order valence-corrected chi connectivity index (χ0v) is 15.6. The number of amides is 2. The van der Waals surface area contributed by atoms with Gasteiger partial charge in [-0.1, -0.05) is 12.1 Å². The van der Waals surface area contributed by atoms with Crippen molar-refractivity contribution in [2.75, 3.05) is 19.6 Å². The van der Waals surface area contributed by atoms with Crippen molar-refractivity contribution in [2.24, 2.45) is 0 Å². The topological polar surface area (TPSA) is 90.8 Å². The lowest BCUT2D eigenvalue weighted by Crippen LogP contribution is -2.61. The zero-order valence-electron chi connectivity index (χ0n) is 14.8. The summed E-state index contributed by atoms with van der Waals surface area (Å²) in [6, 6.07) is 8.48. The molecule has 2 aromatic rings. The molecule has 0 aliphatic carbocycles. The molecule has 1 N–H and O–H groups in total. The maximum atomic E-state index is 12.9. The number of aliphatic carboxylic acids is 1. The lowest BCUT2D eigenvalue weighted by molar-refractivity contribution is -0.159. The summed E-state index contributed by atoms with van der Waals surface area (Å²) in [5.41, 5.74) is 0.827. The Hall–Kier alpha value is -2.74. The number of nitrogens with zero attached hydrogens (tertiary/aromatic N) is 3. The lowest BCUT2D eigenvalue weighted by Gasteiger charge is -2.39. The van der Waals surface area contributed by atoms with E-state index in [0.717, 1.165) is 10.6 Å². The maximum absolute atomic E-state index is 12.9. The summed E-state index contributed by atoms with van der Waals surface area (Å²) in [7, 11) is 0. The summed E-state index contributed by atoms with van der Waals surface area (Å²) >= 11 is 1.58. The monoisotopic (exact) mass is 387 g/mol. The Morgan fingerprint density at radius 3 is 2.70 bits per heavy atom. The first kappa shape index (κ1) is 19.0. The van der Waals surface area contributed by atoms with E-state index in [1.165, 1.54) is 9.80 Å². The van der Waals surface area contributed by atoms with Gasteiger partial charge < -0.3 is 14.9 Å². The van der Waals surface area contributed by atoms with E-state index in [2.05, 4.69) is 4.98 Å². The highest BCUT2D eigenvalue weighted by Crippen LogP contribution is 2.18. The Kier molecular flexibility index (Phi) is 6.18. The summed E-state index contributed by atoms with van der Waals surface area (Å²) < 4.78 is 0. The van der Waals surface area contributed by atoms with Crippen molar-refractivity contribution in [3.8, 4) is 0 Å². The van der Waals surface area contributed by atoms with Crippen molar-refractivity contribution >= 4 is 29.1 Å². The highest BCUT2D eigenvalue weighted by Gasteiger charge is 2.40. The average Bonchev–Trinajstić information content (AvgIpc) is 3.17. The minimum absolute atomic E-state index is 0.0216. The van der Waals surface area contributed by atoms with Crippen LogP contribution in [0.1, 0.15) is 17.0 Å². The number of hydrogen-bond donors (Lipinski definition) is 1. The highest BCUT2D eigenvalue weighted by atomic mass is 32.1. The average molecular weight is 387 g/mol. The Balaban J connectivity index is 1.68. The largest absolute Gasteiger partial charge is 0.481 e. The second-order valence-electron chi connectivity index (χ2n) is 6.36. The quantitative estimate of drug-likeness (QED) is 0.740. The van der Waals surface area contributed by atoms with Gasteiger partial charge in [0, 0.05) is 36.3 Å². The van der Waals surface area contributed by atoms with Crippen LogP contribution in [0.5, 0.6) is 0 Å². The number of aromatic nitrogens is 1. The van der Waals surface area contributed by atoms with E-state index in [1.807, 2.05) is 35.7 Å². The van der Waals surface area contributed by atoms with Crippen LogP contribution in [0.2, 0.25) is 0 Å². The van der Waals surface area contributed by atoms with Crippen molar-refractivity contribution < 1.29 is 19.5 Å². The number of pyridine rings is 1. The lowest BCUT2D eigenvalue weighted by atomic mass is 10.1. The molecule has 0 spiro atoms. The summed E-state index contributed by atoms with van der Waals surface area (Å²) in [6.45, 7) is 0.666. The van der Waals surface area contributed by atoms with Crippen LogP contribution in [0, 0.1) is 0 Å². The van der Waals surface area contributed by atoms with Crippen molar-refractivity contribution in [1.82, 2.24) is 14.8 Å². The van der Waals surface area contributed by atoms with Crippen LogP contribution in [-0.4, -0.2) is 63.4 Å². The number of carbonyl (C=O) groups excluding carboxylic acids is 2. The third-order valence-electron chi connectivity index (χ3n) is 4.53. The number of carbonyl (C=O) groups is 3. The predicted octanol–water partition coefficient (Wildman–Crippen LogP) is 1.44. The third-order valence-corrected chi connectivity index (χ3v) is 5.47. The van der Waals surface area contributed by atoms with Gasteiger partial charge in [0.2, 0.25) is 11.8 Å². The number of rotatable bonds is 8. The molecule has 1 aliphatic rings. The van der Waals surface area contributed by atoms with Crippen molar-refractivity contribution in [2.45, 2.75) is 25.3 Å². The number of hydrogen-bond acceptors (Lipinski definition) is 5. The van der Waals surface area contributed by atoms with Gasteiger partial charge in [-0.05, 0) is 30.0 Å². The van der Waals surface area contributed by atoms with Crippen LogP contribution in [0.25, 0.3) is 0 Å². The molecule has 1 unspecified atom stereocenters. The van der Waals surface area contributed by atoms with Crippen LogP contribution in [-0.2, 0) is 27.2 Å². The molecule has 8 heteroatoms. The normalized spacial score (nSPS) is 17.4. The van der Waals surface area contributed by atoms with E-state index in [4.69, 9.17) is 0 Å². The second kappa shape index (κ2) is 8.77. The van der Waals surface area contributed by atoms with Gasteiger partial charge in [0.1, 0.15) is 6.04 Å². The van der Waals surface area contributed by atoms with E-state index >= 15 is 0 Å². The number of thiophene rings is 1. The Morgan fingerprint density at radius 1 is 1.19 bits per heavy atom. The Morgan fingerprint density at radius 2 is 2.04 bits per heavy atom. The van der Waals surface area contributed by atoms with Crippen molar-refractivity contribution in [1.29, 1.82) is 0 Å². The summed E-state index contributed by atoms with van der Waals surface area (Å²) in [5.74, 6) is -1.61. The van der Waals surface area contributed by atoms with Crippen LogP contribution >= 0.6 is 11.3 Å². The molecule has 27 heavy (non-hydrogen) atoms. The first-order valence-corrected chi connectivity index (χ1v) is 9.65. The van der Waals surface area contributed by atoms with Gasteiger partial charge in [0.15, 0.2) is 0 Å². The molecule has 0 saturated carbocycles. The highest BCUT2D eigenvalue weighted by molar-refractivity contribution is 7.09. The molecule has 0 aromatic carbocycles. The molecule has 1 saturated heterocycles. The summed E-state index contributed by atoms with van der Waals surface area (Å²) in [5, 5.41) is 11.2. The molecule has 3 rings (SSSR count). The van der Waals surface area contributed by atoms with Gasteiger partial charge >= 0.3 is 5.97 Å². The fourth-order valence-corrected chi connectivity index (χ4v) is 3.86. The summed E-state index contributed by atoms with van der Waals surface area (Å²) in [4.78, 5) is 45.0. The molecule has 7 nitrogen and oxygen atoms in total. The Labute approximate surface area is 161 Å². The van der Waals surface area contributed by atoms with E-state index in [0.29, 0.717) is 25.9 Å². The maximum Gasteiger partial charge on any atom is 0.305 e. The van der Waals surface area contributed by atoms with Gasteiger partial charge in [-0.2, -0.15) is 0 Å². The molecule has 3 heterocycles. The molecular weight excluding hydrogens is 366 g/mol. The smallest absolute Gasteiger partial charge is 0.305 e. The van der Waals surface area contributed by atoms with Gasteiger partial charge in [0.05, 0.1) is 13.0 Å². The standard InChI is InChI=1S/C19H21N3O4S/c23-17-13-21(9-6-14-4-1-2-8-20-14)19(26)16(12-18(24)25)22(17)10-7-15-5-3-11-27-15/h1-5,8,11,16H,6-7,9-10,12-13H2,(H,24,25). The molecule has 1 atom stereocenters. The van der Waals surface area contributed by atoms with Gasteiger partial charge in [-0.25, -0.2) is 0 Å². The van der Waals surface area contributed by atoms with Crippen LogP contribution in [0.3, 0.4) is 0 Å². The SMILES string of the molecule is O=C(O)CC1C(=O)N(CCc2ccccn2)CC(=O)N1CCc1cccs1.